The van der Waals surface area contributed by atoms with E-state index in [1.165, 1.54) is 31.4 Å². The third-order valence-corrected chi connectivity index (χ3v) is 5.24. The molecule has 1 unspecified atom stereocenters. The van der Waals surface area contributed by atoms with Crippen LogP contribution in [0, 0.1) is 0 Å². The van der Waals surface area contributed by atoms with Crippen molar-refractivity contribution < 1.29 is 28.6 Å². The van der Waals surface area contributed by atoms with Gasteiger partial charge in [-0.15, -0.1) is 0 Å². The first kappa shape index (κ1) is 20.6. The average Bonchev–Trinajstić information content (AvgIpc) is 3.40. The Hall–Kier alpha value is -3.71. The number of nitrogens with zero attached hydrogens (tertiary/aromatic N) is 1. The number of ether oxygens (including phenoxy) is 2. The summed E-state index contributed by atoms with van der Waals surface area (Å²) in [6, 6.07) is 13.6. The molecule has 31 heavy (non-hydrogen) atoms. The SMILES string of the molecule is COc1ccc(OC)c(/C(O)=C2/C(=O)C(=O)N(c3cccc(Cl)c3)C2c2ccco2)c1. The minimum Gasteiger partial charge on any atom is -0.507 e. The molecule has 2 heterocycles. The van der Waals surface area contributed by atoms with E-state index in [2.05, 4.69) is 0 Å². The summed E-state index contributed by atoms with van der Waals surface area (Å²) in [5.41, 5.74) is 0.474. The topological polar surface area (TPSA) is 89.2 Å². The zero-order chi connectivity index (χ0) is 22.1. The van der Waals surface area contributed by atoms with E-state index in [4.69, 9.17) is 25.5 Å². The van der Waals surface area contributed by atoms with E-state index in [1.807, 2.05) is 0 Å². The molecule has 1 N–H and O–H groups in total. The fraction of sp³-hybridized carbons (Fsp3) is 0.130. The van der Waals surface area contributed by atoms with E-state index >= 15 is 0 Å². The second kappa shape index (κ2) is 8.20. The quantitative estimate of drug-likeness (QED) is 0.355. The van der Waals surface area contributed by atoms with Gasteiger partial charge in [-0.2, -0.15) is 0 Å². The van der Waals surface area contributed by atoms with Crippen molar-refractivity contribution in [3.8, 4) is 11.5 Å². The molecule has 3 aromatic rings. The monoisotopic (exact) mass is 439 g/mol. The molecule has 1 fully saturated rings. The molecule has 1 saturated heterocycles. The van der Waals surface area contributed by atoms with Gasteiger partial charge in [0.1, 0.15) is 29.1 Å². The minimum absolute atomic E-state index is 0.133. The number of benzene rings is 2. The number of hydrogen-bond acceptors (Lipinski definition) is 6. The van der Waals surface area contributed by atoms with Crippen LogP contribution in [0.1, 0.15) is 17.4 Å². The van der Waals surface area contributed by atoms with E-state index in [-0.39, 0.29) is 11.1 Å². The molecular formula is C23H18ClNO6. The first-order chi connectivity index (χ1) is 15.0. The number of rotatable bonds is 5. The van der Waals surface area contributed by atoms with Crippen molar-refractivity contribution in [1.82, 2.24) is 0 Å². The third kappa shape index (κ3) is 3.53. The molecule has 7 nitrogen and oxygen atoms in total. The number of methoxy groups -OCH3 is 2. The number of furan rings is 1. The second-order valence-corrected chi connectivity index (χ2v) is 7.17. The number of anilines is 1. The molecule has 0 saturated carbocycles. The summed E-state index contributed by atoms with van der Waals surface area (Å²) in [5, 5.41) is 11.6. The number of halogens is 1. The summed E-state index contributed by atoms with van der Waals surface area (Å²) in [6.45, 7) is 0. The zero-order valence-corrected chi connectivity index (χ0v) is 17.4. The third-order valence-electron chi connectivity index (χ3n) is 5.01. The maximum absolute atomic E-state index is 13.1. The van der Waals surface area contributed by atoms with Gasteiger partial charge in [0.2, 0.25) is 0 Å². The lowest BCUT2D eigenvalue weighted by Gasteiger charge is -2.23. The van der Waals surface area contributed by atoms with Crippen molar-refractivity contribution in [2.75, 3.05) is 19.1 Å². The second-order valence-electron chi connectivity index (χ2n) is 6.73. The van der Waals surface area contributed by atoms with Crippen LogP contribution in [-0.2, 0) is 9.59 Å². The van der Waals surface area contributed by atoms with Gasteiger partial charge in [0.25, 0.3) is 11.7 Å². The smallest absolute Gasteiger partial charge is 0.300 e. The van der Waals surface area contributed by atoms with E-state index in [9.17, 15) is 14.7 Å². The average molecular weight is 440 g/mol. The van der Waals surface area contributed by atoms with E-state index < -0.39 is 23.5 Å². The van der Waals surface area contributed by atoms with Crippen LogP contribution < -0.4 is 14.4 Å². The number of ketones is 1. The number of carbonyl (C=O) groups is 2. The van der Waals surface area contributed by atoms with Crippen LogP contribution in [0.5, 0.6) is 11.5 Å². The van der Waals surface area contributed by atoms with Gasteiger partial charge in [-0.05, 0) is 48.5 Å². The van der Waals surface area contributed by atoms with Crippen molar-refractivity contribution in [1.29, 1.82) is 0 Å². The van der Waals surface area contributed by atoms with Gasteiger partial charge >= 0.3 is 0 Å². The van der Waals surface area contributed by atoms with Gasteiger partial charge in [-0.25, -0.2) is 0 Å². The lowest BCUT2D eigenvalue weighted by atomic mass is 9.98. The van der Waals surface area contributed by atoms with Crippen molar-refractivity contribution in [2.24, 2.45) is 0 Å². The number of hydrogen-bond donors (Lipinski definition) is 1. The summed E-state index contributed by atoms with van der Waals surface area (Å²) in [5.74, 6) is -1.01. The standard InChI is InChI=1S/C23H18ClNO6/c1-29-15-8-9-17(30-2)16(12-15)21(26)19-20(18-7-4-10-31-18)25(23(28)22(19)27)14-6-3-5-13(24)11-14/h3-12,20,26H,1-2H3/b21-19-. The lowest BCUT2D eigenvalue weighted by molar-refractivity contribution is -0.132. The van der Waals surface area contributed by atoms with Crippen LogP contribution in [0.25, 0.3) is 5.76 Å². The molecule has 0 radical (unpaired) electrons. The first-order valence-electron chi connectivity index (χ1n) is 9.28. The normalized spacial score (nSPS) is 17.8. The number of carbonyl (C=O) groups excluding carboxylic acids is 2. The highest BCUT2D eigenvalue weighted by molar-refractivity contribution is 6.51. The van der Waals surface area contributed by atoms with Crippen LogP contribution in [0.4, 0.5) is 5.69 Å². The lowest BCUT2D eigenvalue weighted by Crippen LogP contribution is -2.29. The maximum atomic E-state index is 13.1. The highest BCUT2D eigenvalue weighted by atomic mass is 35.5. The van der Waals surface area contributed by atoms with Crippen molar-refractivity contribution >= 4 is 34.7 Å². The predicted molar refractivity (Wildman–Crippen MR) is 114 cm³/mol. The molecule has 1 aromatic heterocycles. The van der Waals surface area contributed by atoms with Crippen LogP contribution >= 0.6 is 11.6 Å². The van der Waals surface area contributed by atoms with Crippen molar-refractivity contribution in [3.63, 3.8) is 0 Å². The largest absolute Gasteiger partial charge is 0.507 e. The molecule has 1 atom stereocenters. The fourth-order valence-electron chi connectivity index (χ4n) is 3.59. The van der Waals surface area contributed by atoms with Crippen molar-refractivity contribution in [2.45, 2.75) is 6.04 Å². The molecule has 1 aliphatic rings. The first-order valence-corrected chi connectivity index (χ1v) is 9.66. The molecule has 0 spiro atoms. The van der Waals surface area contributed by atoms with Gasteiger partial charge in [0, 0.05) is 10.7 Å². The van der Waals surface area contributed by atoms with Gasteiger partial charge in [0.15, 0.2) is 0 Å². The van der Waals surface area contributed by atoms with Gasteiger partial charge in [0.05, 0.1) is 31.6 Å². The van der Waals surface area contributed by atoms with Gasteiger partial charge in [-0.3, -0.25) is 14.5 Å². The van der Waals surface area contributed by atoms with Crippen LogP contribution in [0.15, 0.2) is 70.9 Å². The zero-order valence-electron chi connectivity index (χ0n) is 16.7. The summed E-state index contributed by atoms with van der Waals surface area (Å²) in [7, 11) is 2.92. The van der Waals surface area contributed by atoms with E-state index in [0.29, 0.717) is 28.0 Å². The molecule has 8 heteroatoms. The summed E-state index contributed by atoms with van der Waals surface area (Å²) < 4.78 is 16.1. The predicted octanol–water partition coefficient (Wildman–Crippen LogP) is 4.58. The number of Topliss-reactive ketones (excluding diaryl/α,β-unsaturated/α-hetero) is 1. The van der Waals surface area contributed by atoms with Crippen LogP contribution in [0.3, 0.4) is 0 Å². The van der Waals surface area contributed by atoms with E-state index in [1.54, 1.807) is 48.5 Å². The van der Waals surface area contributed by atoms with Crippen LogP contribution in [-0.4, -0.2) is 31.0 Å². The molecule has 0 bridgehead atoms. The Balaban J connectivity index is 1.96. The Morgan fingerprint density at radius 2 is 1.87 bits per heavy atom. The Morgan fingerprint density at radius 3 is 2.52 bits per heavy atom. The Labute approximate surface area is 183 Å². The van der Waals surface area contributed by atoms with Crippen molar-refractivity contribution in [3.05, 3.63) is 82.8 Å². The number of aliphatic hydroxyl groups is 1. The number of aliphatic hydroxyl groups excluding tert-OH is 1. The molecule has 2 aromatic carbocycles. The van der Waals surface area contributed by atoms with E-state index in [0.717, 1.165) is 0 Å². The molecule has 4 rings (SSSR count). The van der Waals surface area contributed by atoms with Gasteiger partial charge in [-0.1, -0.05) is 17.7 Å². The summed E-state index contributed by atoms with van der Waals surface area (Å²) >= 11 is 6.11. The molecule has 1 amide bonds. The summed E-state index contributed by atoms with van der Waals surface area (Å²) in [6.07, 6.45) is 1.43. The maximum Gasteiger partial charge on any atom is 0.300 e. The number of amides is 1. The van der Waals surface area contributed by atoms with Crippen LogP contribution in [0.2, 0.25) is 5.02 Å². The van der Waals surface area contributed by atoms with Gasteiger partial charge < -0.3 is 19.0 Å². The molecule has 158 valence electrons. The Morgan fingerprint density at radius 1 is 1.06 bits per heavy atom. The fourth-order valence-corrected chi connectivity index (χ4v) is 3.77. The Kier molecular flexibility index (Phi) is 5.44. The Bertz CT molecular complexity index is 1180. The molecule has 1 aliphatic heterocycles. The summed E-state index contributed by atoms with van der Waals surface area (Å²) in [4.78, 5) is 27.4. The highest BCUT2D eigenvalue weighted by Gasteiger charge is 2.48. The molecule has 0 aliphatic carbocycles. The minimum atomic E-state index is -0.996. The molecular weight excluding hydrogens is 422 g/mol. The highest BCUT2D eigenvalue weighted by Crippen LogP contribution is 2.44.